The summed E-state index contributed by atoms with van der Waals surface area (Å²) in [5.41, 5.74) is 0.623. The summed E-state index contributed by atoms with van der Waals surface area (Å²) in [5.74, 6) is 3.63. The van der Waals surface area contributed by atoms with Crippen LogP contribution in [-0.4, -0.2) is 11.6 Å². The largest absolute Gasteiger partial charge is 0.279 e. The zero-order chi connectivity index (χ0) is 14.5. The number of carbonyl (C=O) groups excluding carboxylic acids is 2. The number of rotatable bonds is 2. The van der Waals surface area contributed by atoms with E-state index in [1.165, 1.54) is 6.07 Å². The predicted octanol–water partition coefficient (Wildman–Crippen LogP) is 4.06. The smallest absolute Gasteiger partial charge is 0.237 e. The Kier molecular flexibility index (Phi) is 4.57. The molecular weight excluding hydrogens is 295 g/mol. The monoisotopic (exact) mass is 302 g/mol. The number of hydrogen-bond acceptors (Lipinski definition) is 2. The minimum absolute atomic E-state index is 0.139. The van der Waals surface area contributed by atoms with Gasteiger partial charge in [0.2, 0.25) is 11.6 Å². The number of carbonyl (C=O) groups is 2. The first-order chi connectivity index (χ1) is 9.59. The SMILES string of the molecule is O=C(C#CC(=O)c1cccc(Cl)c1Cl)c1ccccc1. The van der Waals surface area contributed by atoms with Gasteiger partial charge in [-0.15, -0.1) is 0 Å². The molecule has 2 nitrogen and oxygen atoms in total. The maximum Gasteiger partial charge on any atom is 0.237 e. The Labute approximate surface area is 126 Å². The van der Waals surface area contributed by atoms with Gasteiger partial charge in [0.25, 0.3) is 0 Å². The van der Waals surface area contributed by atoms with Crippen molar-refractivity contribution in [1.29, 1.82) is 0 Å². The van der Waals surface area contributed by atoms with Crippen LogP contribution in [0.15, 0.2) is 48.5 Å². The first-order valence-corrected chi connectivity index (χ1v) is 6.45. The van der Waals surface area contributed by atoms with E-state index in [2.05, 4.69) is 11.8 Å². The van der Waals surface area contributed by atoms with E-state index in [1.54, 1.807) is 42.5 Å². The average molecular weight is 303 g/mol. The van der Waals surface area contributed by atoms with Gasteiger partial charge in [0.1, 0.15) is 0 Å². The van der Waals surface area contributed by atoms with E-state index in [4.69, 9.17) is 23.2 Å². The lowest BCUT2D eigenvalue weighted by molar-refractivity contribution is 0.103. The van der Waals surface area contributed by atoms with Crippen molar-refractivity contribution in [2.24, 2.45) is 0 Å². The van der Waals surface area contributed by atoms with Crippen LogP contribution in [0.2, 0.25) is 10.0 Å². The summed E-state index contributed by atoms with van der Waals surface area (Å²) in [6.07, 6.45) is 0. The summed E-state index contributed by atoms with van der Waals surface area (Å²) >= 11 is 11.7. The van der Waals surface area contributed by atoms with Gasteiger partial charge in [0.05, 0.1) is 15.6 Å². The molecule has 0 spiro atoms. The predicted molar refractivity (Wildman–Crippen MR) is 79.3 cm³/mol. The van der Waals surface area contributed by atoms with Crippen molar-refractivity contribution in [2.75, 3.05) is 0 Å². The second kappa shape index (κ2) is 6.38. The molecular formula is C16H8Cl2O2. The highest BCUT2D eigenvalue weighted by Crippen LogP contribution is 2.25. The molecule has 0 saturated heterocycles. The van der Waals surface area contributed by atoms with Crippen LogP contribution >= 0.6 is 23.2 Å². The fraction of sp³-hybridized carbons (Fsp3) is 0. The second-order valence-electron chi connectivity index (χ2n) is 3.88. The molecule has 2 aromatic rings. The number of halogens is 2. The quantitative estimate of drug-likeness (QED) is 0.476. The van der Waals surface area contributed by atoms with Crippen LogP contribution in [0.3, 0.4) is 0 Å². The Hall–Kier alpha value is -2.08. The number of ketones is 2. The van der Waals surface area contributed by atoms with E-state index in [9.17, 15) is 9.59 Å². The maximum atomic E-state index is 11.9. The Balaban J connectivity index is 2.23. The highest BCUT2D eigenvalue weighted by atomic mass is 35.5. The minimum Gasteiger partial charge on any atom is -0.279 e. The van der Waals surface area contributed by atoms with Gasteiger partial charge in [-0.1, -0.05) is 59.6 Å². The first-order valence-electron chi connectivity index (χ1n) is 5.69. The third-order valence-electron chi connectivity index (χ3n) is 2.52. The lowest BCUT2D eigenvalue weighted by Crippen LogP contribution is -1.99. The zero-order valence-electron chi connectivity index (χ0n) is 10.2. The van der Waals surface area contributed by atoms with Gasteiger partial charge in [-0.2, -0.15) is 0 Å². The molecule has 0 N–H and O–H groups in total. The van der Waals surface area contributed by atoms with Crippen LogP contribution in [0.25, 0.3) is 0 Å². The van der Waals surface area contributed by atoms with Crippen LogP contribution in [0.1, 0.15) is 20.7 Å². The summed E-state index contributed by atoms with van der Waals surface area (Å²) in [5, 5.41) is 0.411. The molecule has 0 fully saturated rings. The molecule has 0 atom stereocenters. The molecule has 0 radical (unpaired) electrons. The molecule has 2 aromatic carbocycles. The Bertz CT molecular complexity index is 725. The van der Waals surface area contributed by atoms with Gasteiger partial charge in [0.15, 0.2) is 0 Å². The molecule has 0 heterocycles. The molecule has 0 aliphatic heterocycles. The van der Waals surface area contributed by atoms with Crippen molar-refractivity contribution in [1.82, 2.24) is 0 Å². The van der Waals surface area contributed by atoms with Crippen LogP contribution in [0, 0.1) is 11.8 Å². The first kappa shape index (κ1) is 14.3. The molecule has 4 heteroatoms. The normalized spacial score (nSPS) is 9.50. The lowest BCUT2D eigenvalue weighted by atomic mass is 10.1. The Morgan fingerprint density at radius 1 is 0.800 bits per heavy atom. The van der Waals surface area contributed by atoms with Crippen LogP contribution in [0.5, 0.6) is 0 Å². The molecule has 0 aliphatic carbocycles. The van der Waals surface area contributed by atoms with Crippen LogP contribution in [-0.2, 0) is 0 Å². The van der Waals surface area contributed by atoms with Gasteiger partial charge in [-0.3, -0.25) is 9.59 Å². The topological polar surface area (TPSA) is 34.1 Å². The van der Waals surface area contributed by atoms with Gasteiger partial charge >= 0.3 is 0 Å². The van der Waals surface area contributed by atoms with Crippen molar-refractivity contribution < 1.29 is 9.59 Å². The fourth-order valence-electron chi connectivity index (χ4n) is 1.52. The van der Waals surface area contributed by atoms with Crippen molar-refractivity contribution in [3.8, 4) is 11.8 Å². The molecule has 2 rings (SSSR count). The van der Waals surface area contributed by atoms with Crippen LogP contribution in [0.4, 0.5) is 0 Å². The van der Waals surface area contributed by atoms with Gasteiger partial charge in [-0.25, -0.2) is 0 Å². The van der Waals surface area contributed by atoms with Crippen molar-refractivity contribution >= 4 is 34.8 Å². The molecule has 0 unspecified atom stereocenters. The molecule has 98 valence electrons. The summed E-state index contributed by atoms with van der Waals surface area (Å²) in [6, 6.07) is 13.2. The van der Waals surface area contributed by atoms with E-state index in [0.717, 1.165) is 0 Å². The van der Waals surface area contributed by atoms with Crippen molar-refractivity contribution in [3.05, 3.63) is 69.7 Å². The number of benzene rings is 2. The maximum absolute atomic E-state index is 11.9. The van der Waals surface area contributed by atoms with Crippen molar-refractivity contribution in [3.63, 3.8) is 0 Å². The highest BCUT2D eigenvalue weighted by Gasteiger charge is 2.10. The third kappa shape index (κ3) is 3.27. The molecule has 0 aromatic heterocycles. The van der Waals surface area contributed by atoms with Gasteiger partial charge in [-0.05, 0) is 24.0 Å². The van der Waals surface area contributed by atoms with E-state index >= 15 is 0 Å². The molecule has 0 aliphatic rings. The van der Waals surface area contributed by atoms with E-state index in [1.807, 2.05) is 0 Å². The average Bonchev–Trinajstić information content (AvgIpc) is 2.48. The Morgan fingerprint density at radius 3 is 2.15 bits per heavy atom. The molecule has 20 heavy (non-hydrogen) atoms. The van der Waals surface area contributed by atoms with Gasteiger partial charge < -0.3 is 0 Å². The van der Waals surface area contributed by atoms with E-state index < -0.39 is 11.6 Å². The summed E-state index contributed by atoms with van der Waals surface area (Å²) in [7, 11) is 0. The molecule has 0 amide bonds. The second-order valence-corrected chi connectivity index (χ2v) is 4.66. The lowest BCUT2D eigenvalue weighted by Gasteiger charge is -1.99. The fourth-order valence-corrected chi connectivity index (χ4v) is 1.91. The summed E-state index contributed by atoms with van der Waals surface area (Å²) in [4.78, 5) is 23.6. The van der Waals surface area contributed by atoms with Crippen LogP contribution < -0.4 is 0 Å². The third-order valence-corrected chi connectivity index (χ3v) is 3.34. The minimum atomic E-state index is -0.540. The standard InChI is InChI=1S/C16H8Cl2O2/c17-13-8-4-7-12(16(13)18)15(20)10-9-14(19)11-5-2-1-3-6-11/h1-8H. The van der Waals surface area contributed by atoms with E-state index in [-0.39, 0.29) is 15.6 Å². The zero-order valence-corrected chi connectivity index (χ0v) is 11.7. The summed E-state index contributed by atoms with van der Waals surface area (Å²) in [6.45, 7) is 0. The van der Waals surface area contributed by atoms with E-state index in [0.29, 0.717) is 5.56 Å². The Morgan fingerprint density at radius 2 is 1.45 bits per heavy atom. The molecule has 0 saturated carbocycles. The summed E-state index contributed by atoms with van der Waals surface area (Å²) < 4.78 is 0. The molecule has 0 bridgehead atoms. The highest BCUT2D eigenvalue weighted by molar-refractivity contribution is 6.44. The number of Topliss-reactive ketones (excluding diaryl/α,β-unsaturated/α-hetero) is 2. The van der Waals surface area contributed by atoms with Crippen molar-refractivity contribution in [2.45, 2.75) is 0 Å². The van der Waals surface area contributed by atoms with Gasteiger partial charge in [0, 0.05) is 5.56 Å². The number of hydrogen-bond donors (Lipinski definition) is 0.